The molecule has 1 fully saturated rings. The van der Waals surface area contributed by atoms with Gasteiger partial charge in [-0.1, -0.05) is 54.6 Å². The van der Waals surface area contributed by atoms with Gasteiger partial charge < -0.3 is 28.8 Å². The number of benzene rings is 3. The van der Waals surface area contributed by atoms with Crippen LogP contribution in [0.1, 0.15) is 28.5 Å². The first-order valence-electron chi connectivity index (χ1n) is 13.5. The van der Waals surface area contributed by atoms with Gasteiger partial charge in [-0.15, -0.1) is 0 Å². The van der Waals surface area contributed by atoms with Gasteiger partial charge in [-0.05, 0) is 47.9 Å². The number of methoxy groups -OCH3 is 2. The normalized spacial score (nSPS) is 18.9. The second-order valence-electron chi connectivity index (χ2n) is 10.2. The summed E-state index contributed by atoms with van der Waals surface area (Å²) in [5, 5.41) is 10.7. The third kappa shape index (κ3) is 5.62. The van der Waals surface area contributed by atoms with Crippen molar-refractivity contribution in [3.05, 3.63) is 128 Å². The zero-order valence-electron chi connectivity index (χ0n) is 23.7. The molecule has 1 aliphatic heterocycles. The largest absolute Gasteiger partial charge is 0.497 e. The van der Waals surface area contributed by atoms with E-state index in [1.807, 2.05) is 78.9 Å². The fourth-order valence-electron chi connectivity index (χ4n) is 5.16. The summed E-state index contributed by atoms with van der Waals surface area (Å²) in [6.45, 7) is 1.11. The van der Waals surface area contributed by atoms with Gasteiger partial charge in [0.15, 0.2) is 6.23 Å². The quantitative estimate of drug-likeness (QED) is 0.277. The number of H-pyrrole nitrogens is 1. The van der Waals surface area contributed by atoms with Crippen molar-refractivity contribution in [2.24, 2.45) is 0 Å². The Hall–Kier alpha value is -4.22. The molecule has 0 bridgehead atoms. The van der Waals surface area contributed by atoms with Crippen molar-refractivity contribution < 1.29 is 28.8 Å². The van der Waals surface area contributed by atoms with Gasteiger partial charge in [-0.3, -0.25) is 14.3 Å². The number of hydrogen-bond donors (Lipinski definition) is 2. The minimum atomic E-state index is -1.33. The molecule has 1 aliphatic rings. The smallest absolute Gasteiger partial charge is 0.330 e. The van der Waals surface area contributed by atoms with E-state index < -0.39 is 35.3 Å². The van der Waals surface area contributed by atoms with E-state index in [4.69, 9.17) is 23.7 Å². The van der Waals surface area contributed by atoms with Crippen LogP contribution in [0.4, 0.5) is 0 Å². The molecule has 2 heterocycles. The van der Waals surface area contributed by atoms with E-state index in [2.05, 4.69) is 4.98 Å². The summed E-state index contributed by atoms with van der Waals surface area (Å²) < 4.78 is 31.2. The van der Waals surface area contributed by atoms with Crippen LogP contribution in [0, 0.1) is 6.92 Å². The lowest BCUT2D eigenvalue weighted by Crippen LogP contribution is -2.54. The van der Waals surface area contributed by atoms with Gasteiger partial charge in [0.25, 0.3) is 5.56 Å². The van der Waals surface area contributed by atoms with Crippen LogP contribution in [0.3, 0.4) is 0 Å². The number of aryl methyl sites for hydroxylation is 1. The van der Waals surface area contributed by atoms with E-state index in [1.54, 1.807) is 21.1 Å². The summed E-state index contributed by atoms with van der Waals surface area (Å²) in [6, 6.07) is 24.9. The number of hydrogen-bond acceptors (Lipinski definition) is 8. The Morgan fingerprint density at radius 1 is 0.929 bits per heavy atom. The van der Waals surface area contributed by atoms with E-state index in [0.29, 0.717) is 17.1 Å². The van der Waals surface area contributed by atoms with Gasteiger partial charge in [0.05, 0.1) is 40.6 Å². The average Bonchev–Trinajstić information content (AvgIpc) is 3.04. The summed E-state index contributed by atoms with van der Waals surface area (Å²) in [7, 11) is 3.22. The van der Waals surface area contributed by atoms with Crippen LogP contribution in [-0.4, -0.2) is 60.9 Å². The lowest BCUT2D eigenvalue weighted by molar-refractivity contribution is -0.261. The molecule has 3 aromatic carbocycles. The van der Waals surface area contributed by atoms with Crippen LogP contribution in [0.25, 0.3) is 0 Å². The van der Waals surface area contributed by atoms with Crippen LogP contribution < -0.4 is 20.7 Å². The Labute approximate surface area is 243 Å². The third-order valence-corrected chi connectivity index (χ3v) is 7.48. The van der Waals surface area contributed by atoms with E-state index in [-0.39, 0.29) is 19.8 Å². The standard InChI is InChI=1S/C32H34N2O8/c1-22-17-34(30(37)33-29(22)36)28-18-40-20-31(19-35,42-28)21-41-32(23-7-5-4-6-8-23,24-9-13-26(38-2)14-10-24)25-11-15-27(39-3)16-12-25/h4-17,28,35H,18-21H2,1-3H3,(H,33,36,37)/t28-,31-/m1/s1. The highest BCUT2D eigenvalue weighted by molar-refractivity contribution is 5.49. The van der Waals surface area contributed by atoms with E-state index in [9.17, 15) is 14.7 Å². The highest BCUT2D eigenvalue weighted by atomic mass is 16.6. The van der Waals surface area contributed by atoms with E-state index >= 15 is 0 Å². The first-order chi connectivity index (χ1) is 20.3. The molecule has 220 valence electrons. The number of nitrogens with zero attached hydrogens (tertiary/aromatic N) is 1. The van der Waals surface area contributed by atoms with Crippen molar-refractivity contribution in [3.8, 4) is 11.5 Å². The second-order valence-corrected chi connectivity index (χ2v) is 10.2. The molecule has 42 heavy (non-hydrogen) atoms. The Balaban J connectivity index is 1.59. The first kappa shape index (κ1) is 29.3. The SMILES string of the molecule is COc1ccc(C(OC[C@@]2(CO)COC[C@H](n3cc(C)c(=O)[nH]c3=O)O2)(c2ccccc2)c2ccc(OC)cc2)cc1. The summed E-state index contributed by atoms with van der Waals surface area (Å²) in [4.78, 5) is 26.9. The van der Waals surface area contributed by atoms with Crippen LogP contribution in [0.5, 0.6) is 11.5 Å². The predicted molar refractivity (Wildman–Crippen MR) is 155 cm³/mol. The van der Waals surface area contributed by atoms with Crippen LogP contribution in [-0.2, 0) is 19.8 Å². The van der Waals surface area contributed by atoms with Gasteiger partial charge in [0.1, 0.15) is 22.7 Å². The number of rotatable bonds is 10. The molecule has 2 N–H and O–H groups in total. The summed E-state index contributed by atoms with van der Waals surface area (Å²) >= 11 is 0. The summed E-state index contributed by atoms with van der Waals surface area (Å²) in [5.41, 5.74) is -0.775. The molecule has 0 spiro atoms. The van der Waals surface area contributed by atoms with Crippen LogP contribution in [0.2, 0.25) is 0 Å². The lowest BCUT2D eigenvalue weighted by atomic mass is 9.79. The Bertz CT molecular complexity index is 1550. The number of aliphatic hydroxyl groups is 1. The van der Waals surface area contributed by atoms with E-state index in [0.717, 1.165) is 16.7 Å². The van der Waals surface area contributed by atoms with Crippen molar-refractivity contribution in [3.63, 3.8) is 0 Å². The molecular weight excluding hydrogens is 540 g/mol. The Morgan fingerprint density at radius 2 is 1.50 bits per heavy atom. The van der Waals surface area contributed by atoms with Gasteiger partial charge in [0.2, 0.25) is 0 Å². The maximum Gasteiger partial charge on any atom is 0.330 e. The number of ether oxygens (including phenoxy) is 5. The molecule has 0 amide bonds. The van der Waals surface area contributed by atoms with Crippen LogP contribution in [0.15, 0.2) is 94.6 Å². The topological polar surface area (TPSA) is 121 Å². The van der Waals surface area contributed by atoms with Gasteiger partial charge in [-0.25, -0.2) is 4.79 Å². The van der Waals surface area contributed by atoms with Crippen molar-refractivity contribution in [1.82, 2.24) is 9.55 Å². The molecule has 0 radical (unpaired) electrons. The van der Waals surface area contributed by atoms with Crippen molar-refractivity contribution in [1.29, 1.82) is 0 Å². The molecular formula is C32H34N2O8. The molecule has 0 aliphatic carbocycles. The Kier molecular flexibility index (Phi) is 8.60. The Morgan fingerprint density at radius 3 is 2.05 bits per heavy atom. The number of aliphatic hydroxyl groups excluding tert-OH is 1. The minimum Gasteiger partial charge on any atom is -0.497 e. The zero-order valence-corrected chi connectivity index (χ0v) is 23.7. The summed E-state index contributed by atoms with van der Waals surface area (Å²) in [6.07, 6.45) is 0.526. The molecule has 4 aromatic rings. The molecule has 10 nitrogen and oxygen atoms in total. The second kappa shape index (κ2) is 12.3. The molecule has 5 rings (SSSR count). The minimum absolute atomic E-state index is 0.0210. The fourth-order valence-corrected chi connectivity index (χ4v) is 5.16. The number of nitrogens with one attached hydrogen (secondary N) is 1. The lowest BCUT2D eigenvalue weighted by Gasteiger charge is -2.43. The molecule has 0 saturated carbocycles. The average molecular weight is 575 g/mol. The molecule has 2 atom stereocenters. The monoisotopic (exact) mass is 574 g/mol. The fraction of sp³-hybridized carbons (Fsp3) is 0.312. The highest BCUT2D eigenvalue weighted by Crippen LogP contribution is 2.43. The van der Waals surface area contributed by atoms with Crippen LogP contribution >= 0.6 is 0 Å². The van der Waals surface area contributed by atoms with Crippen molar-refractivity contribution in [2.45, 2.75) is 24.4 Å². The van der Waals surface area contributed by atoms with Gasteiger partial charge in [-0.2, -0.15) is 0 Å². The molecule has 10 heteroatoms. The number of aromatic amines is 1. The third-order valence-electron chi connectivity index (χ3n) is 7.48. The van der Waals surface area contributed by atoms with E-state index in [1.165, 1.54) is 10.8 Å². The van der Waals surface area contributed by atoms with Gasteiger partial charge in [0, 0.05) is 11.8 Å². The molecule has 1 saturated heterocycles. The number of aromatic nitrogens is 2. The van der Waals surface area contributed by atoms with Crippen molar-refractivity contribution in [2.75, 3.05) is 40.6 Å². The predicted octanol–water partition coefficient (Wildman–Crippen LogP) is 3.15. The van der Waals surface area contributed by atoms with Gasteiger partial charge >= 0.3 is 5.69 Å². The van der Waals surface area contributed by atoms with Crippen molar-refractivity contribution >= 4 is 0 Å². The first-order valence-corrected chi connectivity index (χ1v) is 13.5. The molecule has 1 aromatic heterocycles. The maximum atomic E-state index is 12.6. The summed E-state index contributed by atoms with van der Waals surface area (Å²) in [5.74, 6) is 1.38. The zero-order chi connectivity index (χ0) is 29.7. The molecule has 0 unspecified atom stereocenters. The maximum absolute atomic E-state index is 12.6. The highest BCUT2D eigenvalue weighted by Gasteiger charge is 2.45.